The van der Waals surface area contributed by atoms with Crippen LogP contribution in [0.2, 0.25) is 0 Å². The van der Waals surface area contributed by atoms with Crippen molar-refractivity contribution in [2.45, 2.75) is 18.8 Å². The first-order valence-electron chi connectivity index (χ1n) is 10.4. The number of halogens is 1. The van der Waals surface area contributed by atoms with Gasteiger partial charge in [0.05, 0.1) is 23.5 Å². The lowest BCUT2D eigenvalue weighted by molar-refractivity contribution is 0.101. The van der Waals surface area contributed by atoms with Crippen LogP contribution in [0.15, 0.2) is 46.8 Å². The number of nitrogens with one attached hydrogen (secondary N) is 1. The average molecular weight is 494 g/mol. The fourth-order valence-electron chi connectivity index (χ4n) is 4.04. The van der Waals surface area contributed by atoms with E-state index in [9.17, 15) is 24.3 Å². The highest BCUT2D eigenvalue weighted by Crippen LogP contribution is 2.40. The maximum atomic E-state index is 14.9. The number of nitrogens with zero attached hydrogens (tertiary/aromatic N) is 6. The molecule has 0 aliphatic heterocycles. The second-order valence-electron chi connectivity index (χ2n) is 7.91. The summed E-state index contributed by atoms with van der Waals surface area (Å²) in [6.07, 6.45) is 2.92. The predicted octanol–water partition coefficient (Wildman–Crippen LogP) is 2.87. The van der Waals surface area contributed by atoms with Gasteiger partial charge < -0.3 is 10.4 Å². The highest BCUT2D eigenvalue weighted by atomic mass is 32.1. The molecule has 0 aliphatic carbocycles. The van der Waals surface area contributed by atoms with Gasteiger partial charge in [0.25, 0.3) is 11.5 Å². The first-order valence-corrected chi connectivity index (χ1v) is 11.2. The standard InChI is InChI=1S/C23H20FN7O3S/c1-12(17(16-10-30(2)29-20(16)24)15-7-5-4-6-13(15)8-25)21-28-18(19(32)23(34)31(21)3)22(33)27-14-9-26-35-11-14/h4-7,9-12,17,32H,1-3H3,(H,27,33). The van der Waals surface area contributed by atoms with E-state index in [1.54, 1.807) is 43.6 Å². The van der Waals surface area contributed by atoms with Crippen LogP contribution in [0.4, 0.5) is 10.1 Å². The van der Waals surface area contributed by atoms with Gasteiger partial charge >= 0.3 is 0 Å². The second kappa shape index (κ2) is 9.47. The molecule has 0 bridgehead atoms. The monoisotopic (exact) mass is 493 g/mol. The molecule has 4 rings (SSSR count). The van der Waals surface area contributed by atoms with Crippen LogP contribution < -0.4 is 10.9 Å². The number of anilines is 1. The zero-order chi connectivity index (χ0) is 25.3. The number of rotatable bonds is 6. The van der Waals surface area contributed by atoms with E-state index in [1.165, 1.54) is 24.1 Å². The molecule has 12 heteroatoms. The Morgan fingerprint density at radius 1 is 1.29 bits per heavy atom. The largest absolute Gasteiger partial charge is 0.501 e. The third-order valence-electron chi connectivity index (χ3n) is 5.68. The van der Waals surface area contributed by atoms with Crippen LogP contribution in [0.1, 0.15) is 51.8 Å². The Morgan fingerprint density at radius 2 is 2.03 bits per heavy atom. The molecule has 0 saturated carbocycles. The molecule has 0 aliphatic rings. The molecule has 4 aromatic rings. The molecule has 3 heterocycles. The minimum Gasteiger partial charge on any atom is -0.501 e. The Hall–Kier alpha value is -4.37. The quantitative estimate of drug-likeness (QED) is 0.421. The van der Waals surface area contributed by atoms with Gasteiger partial charge in [-0.05, 0) is 23.2 Å². The summed E-state index contributed by atoms with van der Waals surface area (Å²) in [5.41, 5.74) is 0.0935. The van der Waals surface area contributed by atoms with Gasteiger partial charge in [-0.2, -0.15) is 14.0 Å². The van der Waals surface area contributed by atoms with E-state index in [2.05, 4.69) is 25.8 Å². The molecule has 0 radical (unpaired) electrons. The van der Waals surface area contributed by atoms with Crippen LogP contribution in [0.25, 0.3) is 0 Å². The number of aryl methyl sites for hydroxylation is 1. The average Bonchev–Trinajstić information content (AvgIpc) is 3.47. The Bertz CT molecular complexity index is 1500. The molecule has 2 N–H and O–H groups in total. The molecule has 0 saturated heterocycles. The van der Waals surface area contributed by atoms with Crippen molar-refractivity contribution < 1.29 is 14.3 Å². The smallest absolute Gasteiger partial charge is 0.296 e. The Labute approximate surface area is 203 Å². The van der Waals surface area contributed by atoms with Gasteiger partial charge in [0.1, 0.15) is 5.82 Å². The van der Waals surface area contributed by atoms with E-state index in [0.29, 0.717) is 16.8 Å². The molecule has 178 valence electrons. The zero-order valence-electron chi connectivity index (χ0n) is 18.9. The summed E-state index contributed by atoms with van der Waals surface area (Å²) < 4.78 is 21.2. The summed E-state index contributed by atoms with van der Waals surface area (Å²) in [7, 11) is 2.97. The summed E-state index contributed by atoms with van der Waals surface area (Å²) in [6.45, 7) is 1.70. The van der Waals surface area contributed by atoms with E-state index in [4.69, 9.17) is 0 Å². The summed E-state index contributed by atoms with van der Waals surface area (Å²) in [5.74, 6) is -3.72. The summed E-state index contributed by atoms with van der Waals surface area (Å²) in [5, 5.41) is 28.0. The lowest BCUT2D eigenvalue weighted by atomic mass is 9.80. The van der Waals surface area contributed by atoms with Crippen LogP contribution in [-0.2, 0) is 14.1 Å². The van der Waals surface area contributed by atoms with Gasteiger partial charge in [-0.25, -0.2) is 4.98 Å². The Balaban J connectivity index is 1.88. The fraction of sp³-hybridized carbons (Fsp3) is 0.217. The molecule has 0 spiro atoms. The molecular weight excluding hydrogens is 473 g/mol. The molecule has 2 atom stereocenters. The highest BCUT2D eigenvalue weighted by Gasteiger charge is 2.33. The third-order valence-corrected chi connectivity index (χ3v) is 6.26. The normalized spacial score (nSPS) is 12.7. The van der Waals surface area contributed by atoms with Crippen LogP contribution in [0.3, 0.4) is 0 Å². The van der Waals surface area contributed by atoms with Gasteiger partial charge in [0.15, 0.2) is 5.69 Å². The number of benzene rings is 1. The first kappa shape index (κ1) is 23.8. The Kier molecular flexibility index (Phi) is 6.44. The van der Waals surface area contributed by atoms with E-state index in [-0.39, 0.29) is 11.4 Å². The van der Waals surface area contributed by atoms with Crippen molar-refractivity contribution in [2.24, 2.45) is 14.1 Å². The molecule has 35 heavy (non-hydrogen) atoms. The maximum absolute atomic E-state index is 14.9. The summed E-state index contributed by atoms with van der Waals surface area (Å²) >= 11 is 1.12. The van der Waals surface area contributed by atoms with Crippen LogP contribution in [0.5, 0.6) is 5.75 Å². The van der Waals surface area contributed by atoms with Crippen molar-refractivity contribution in [3.8, 4) is 11.8 Å². The van der Waals surface area contributed by atoms with Gasteiger partial charge in [-0.3, -0.25) is 18.8 Å². The van der Waals surface area contributed by atoms with Crippen molar-refractivity contribution >= 4 is 23.1 Å². The predicted molar refractivity (Wildman–Crippen MR) is 126 cm³/mol. The van der Waals surface area contributed by atoms with Crippen molar-refractivity contribution in [3.63, 3.8) is 0 Å². The second-order valence-corrected chi connectivity index (χ2v) is 8.57. The minimum absolute atomic E-state index is 0.113. The molecule has 1 amide bonds. The molecule has 0 fully saturated rings. The van der Waals surface area contributed by atoms with E-state index < -0.39 is 40.7 Å². The lowest BCUT2D eigenvalue weighted by Gasteiger charge is -2.26. The maximum Gasteiger partial charge on any atom is 0.296 e. The number of aromatic nitrogens is 5. The van der Waals surface area contributed by atoms with Gasteiger partial charge in [0.2, 0.25) is 11.7 Å². The number of nitriles is 1. The number of amides is 1. The van der Waals surface area contributed by atoms with Crippen molar-refractivity contribution in [1.29, 1.82) is 5.26 Å². The van der Waals surface area contributed by atoms with Gasteiger partial charge in [-0.15, -0.1) is 5.10 Å². The van der Waals surface area contributed by atoms with Crippen LogP contribution in [-0.4, -0.2) is 34.7 Å². The SMILES string of the molecule is CC(c1nc(C(=O)Nc2cnsc2)c(O)c(=O)n1C)C(c1ccccc1C#N)c1cn(C)nc1F. The topological polar surface area (TPSA) is 139 Å². The van der Waals surface area contributed by atoms with Crippen molar-refractivity contribution in [2.75, 3.05) is 5.32 Å². The molecular formula is C23H20FN7O3S. The van der Waals surface area contributed by atoms with E-state index in [1.807, 2.05) is 0 Å². The van der Waals surface area contributed by atoms with Gasteiger partial charge in [-0.1, -0.05) is 25.1 Å². The molecule has 1 aromatic carbocycles. The molecule has 10 nitrogen and oxygen atoms in total. The van der Waals surface area contributed by atoms with Gasteiger partial charge in [0, 0.05) is 43.1 Å². The fourth-order valence-corrected chi connectivity index (χ4v) is 4.51. The van der Waals surface area contributed by atoms with E-state index >= 15 is 0 Å². The lowest BCUT2D eigenvalue weighted by Crippen LogP contribution is -2.29. The number of carbonyl (C=O) groups is 1. The Morgan fingerprint density at radius 3 is 2.66 bits per heavy atom. The van der Waals surface area contributed by atoms with Crippen molar-refractivity contribution in [1.82, 2.24) is 23.7 Å². The first-order chi connectivity index (χ1) is 16.7. The highest BCUT2D eigenvalue weighted by molar-refractivity contribution is 7.04. The molecule has 2 unspecified atom stereocenters. The zero-order valence-corrected chi connectivity index (χ0v) is 19.7. The number of hydrogen-bond donors (Lipinski definition) is 2. The van der Waals surface area contributed by atoms with Crippen LogP contribution >= 0.6 is 11.5 Å². The summed E-state index contributed by atoms with van der Waals surface area (Å²) in [4.78, 5) is 30.0. The van der Waals surface area contributed by atoms with Crippen LogP contribution in [0, 0.1) is 17.3 Å². The molecule has 3 aromatic heterocycles. The summed E-state index contributed by atoms with van der Waals surface area (Å²) in [6, 6.07) is 8.85. The number of carbonyl (C=O) groups excluding carboxylic acids is 1. The van der Waals surface area contributed by atoms with Crippen molar-refractivity contribution in [3.05, 3.63) is 86.5 Å². The van der Waals surface area contributed by atoms with E-state index in [0.717, 1.165) is 16.1 Å². The minimum atomic E-state index is -0.838. The number of hydrogen-bond acceptors (Lipinski definition) is 8. The third kappa shape index (κ3) is 4.41. The number of aromatic hydroxyl groups is 1.